The van der Waals surface area contributed by atoms with E-state index in [-0.39, 0.29) is 38.9 Å². The predicted molar refractivity (Wildman–Crippen MR) is 249 cm³/mol. The molecule has 5 nitrogen and oxygen atoms in total. The highest BCUT2D eigenvalue weighted by Gasteiger charge is 2.48. The predicted octanol–water partition coefficient (Wildman–Crippen LogP) is 15.3. The Hall–Kier alpha value is -3.65. The summed E-state index contributed by atoms with van der Waals surface area (Å²) in [4.78, 5) is 18.5. The summed E-state index contributed by atoms with van der Waals surface area (Å²) >= 11 is 0. The first-order valence-corrected chi connectivity index (χ1v) is 22.1. The molecule has 0 amide bonds. The summed E-state index contributed by atoms with van der Waals surface area (Å²) in [5, 5.41) is 10.2. The molecule has 322 valence electrons. The lowest BCUT2D eigenvalue weighted by atomic mass is 9.54. The molecule has 2 aromatic carbocycles. The average molecular weight is 794 g/mol. The molecule has 0 saturated heterocycles. The van der Waals surface area contributed by atoms with Crippen LogP contribution in [0.4, 0.5) is 0 Å². The lowest BCUT2D eigenvalue weighted by molar-refractivity contribution is -0.136. The summed E-state index contributed by atoms with van der Waals surface area (Å²) in [5.41, 5.74) is 5.90. The zero-order valence-electron chi connectivity index (χ0n) is 40.6. The minimum atomic E-state index is -0.466. The standard InChI is InChI=1S/C51H77N3O2.C2H6/c1-19-43(55)51(18,48(12,13)14)31-38(5)50(17,34-49(15,16)32-39(33-52)46(6,7)8)37(4)23-22-28-56-40-29-35(2)44(36(3)30-40)54-27-26-53-45(54)41-24-20-21-25-42(41)47(9,10)11;1-2/h20-21,24-27,29-30,38-39H,4,19,22-23,28,31-32,34H2,1-3,5-18H3;1-2H3. The Morgan fingerprint density at radius 2 is 1.48 bits per heavy atom. The molecule has 0 fully saturated rings. The smallest absolute Gasteiger partial charge is 0.144 e. The van der Waals surface area contributed by atoms with Crippen molar-refractivity contribution in [3.8, 4) is 28.9 Å². The SMILES string of the molecule is C=C(CCCOc1cc(C)c(-n2ccnc2-c2ccccc2C(C)(C)C)c(C)c1)C(C)(CC(C)(C)CC(C#N)C(C)(C)C)C(C)CC(C)(C(=O)CC)C(C)(C)C.CC. The Bertz CT molecular complexity index is 1840. The minimum absolute atomic E-state index is 0.0139. The molecule has 0 aliphatic heterocycles. The van der Waals surface area contributed by atoms with Crippen molar-refractivity contribution in [2.75, 3.05) is 6.61 Å². The second kappa shape index (κ2) is 19.6. The van der Waals surface area contributed by atoms with Gasteiger partial charge in [0.15, 0.2) is 0 Å². The molecule has 58 heavy (non-hydrogen) atoms. The van der Waals surface area contributed by atoms with Gasteiger partial charge in [-0.2, -0.15) is 5.26 Å². The zero-order valence-corrected chi connectivity index (χ0v) is 40.6. The van der Waals surface area contributed by atoms with Crippen molar-refractivity contribution in [1.29, 1.82) is 5.26 Å². The monoisotopic (exact) mass is 794 g/mol. The molecular formula is C53H83N3O2. The van der Waals surface area contributed by atoms with Gasteiger partial charge >= 0.3 is 0 Å². The van der Waals surface area contributed by atoms with E-state index in [4.69, 9.17) is 16.3 Å². The van der Waals surface area contributed by atoms with Crippen LogP contribution in [0.5, 0.6) is 5.75 Å². The van der Waals surface area contributed by atoms with E-state index in [0.29, 0.717) is 18.8 Å². The third-order valence-electron chi connectivity index (χ3n) is 13.2. The second-order valence-corrected chi connectivity index (χ2v) is 21.4. The number of carbonyl (C=O) groups is 1. The molecule has 0 aliphatic rings. The van der Waals surface area contributed by atoms with E-state index >= 15 is 0 Å². The number of hydrogen-bond acceptors (Lipinski definition) is 4. The number of allylic oxidation sites excluding steroid dienone is 1. The number of imidazole rings is 1. The minimum Gasteiger partial charge on any atom is -0.494 e. The van der Waals surface area contributed by atoms with Crippen molar-refractivity contribution in [3.63, 3.8) is 0 Å². The molecule has 4 atom stereocenters. The van der Waals surface area contributed by atoms with E-state index in [2.05, 4.69) is 164 Å². The third kappa shape index (κ3) is 12.0. The van der Waals surface area contributed by atoms with E-state index in [9.17, 15) is 10.1 Å². The maximum Gasteiger partial charge on any atom is 0.144 e. The number of ketones is 1. The Balaban J connectivity index is 0.00000571. The van der Waals surface area contributed by atoms with E-state index in [1.165, 1.54) is 11.1 Å². The molecule has 0 N–H and O–H groups in total. The Labute approximate surface area is 356 Å². The van der Waals surface area contributed by atoms with Gasteiger partial charge in [-0.25, -0.2) is 4.98 Å². The molecule has 3 rings (SSSR count). The molecule has 0 spiro atoms. The summed E-state index contributed by atoms with van der Waals surface area (Å²) in [6, 6.07) is 15.5. The van der Waals surface area contributed by atoms with Crippen LogP contribution >= 0.6 is 0 Å². The quantitative estimate of drug-likeness (QED) is 0.101. The van der Waals surface area contributed by atoms with Gasteiger partial charge in [-0.15, -0.1) is 0 Å². The van der Waals surface area contributed by atoms with Gasteiger partial charge < -0.3 is 4.74 Å². The van der Waals surface area contributed by atoms with Gasteiger partial charge in [-0.3, -0.25) is 9.36 Å². The molecule has 4 unspecified atom stereocenters. The Morgan fingerprint density at radius 3 is 1.98 bits per heavy atom. The van der Waals surface area contributed by atoms with Crippen molar-refractivity contribution in [1.82, 2.24) is 9.55 Å². The summed E-state index contributed by atoms with van der Waals surface area (Å²) in [6.45, 7) is 47.0. The average Bonchev–Trinajstić information content (AvgIpc) is 3.60. The third-order valence-corrected chi connectivity index (χ3v) is 13.2. The highest BCUT2D eigenvalue weighted by atomic mass is 16.5. The molecule has 0 radical (unpaired) electrons. The van der Waals surface area contributed by atoms with E-state index in [0.717, 1.165) is 66.1 Å². The Morgan fingerprint density at radius 1 is 0.914 bits per heavy atom. The fourth-order valence-electron chi connectivity index (χ4n) is 9.03. The van der Waals surface area contributed by atoms with Crippen molar-refractivity contribution >= 4 is 5.78 Å². The van der Waals surface area contributed by atoms with Gasteiger partial charge in [0.25, 0.3) is 0 Å². The fraction of sp³-hybridized carbons (Fsp3) is 0.642. The highest BCUT2D eigenvalue weighted by molar-refractivity contribution is 5.85. The lowest BCUT2D eigenvalue weighted by Gasteiger charge is -2.49. The summed E-state index contributed by atoms with van der Waals surface area (Å²) in [6.07, 6.45) is 8.64. The van der Waals surface area contributed by atoms with Crippen LogP contribution in [-0.2, 0) is 10.2 Å². The molecule has 1 aromatic heterocycles. The molecule has 3 aromatic rings. The molecule has 0 bridgehead atoms. The van der Waals surface area contributed by atoms with Gasteiger partial charge in [0, 0.05) is 29.8 Å². The largest absolute Gasteiger partial charge is 0.494 e. The van der Waals surface area contributed by atoms with Crippen LogP contribution < -0.4 is 4.74 Å². The van der Waals surface area contributed by atoms with Gasteiger partial charge in [-0.05, 0) is 108 Å². The number of nitrogens with zero attached hydrogens (tertiary/aromatic N) is 3. The molecule has 1 heterocycles. The van der Waals surface area contributed by atoms with E-state index in [1.807, 2.05) is 27.0 Å². The summed E-state index contributed by atoms with van der Waals surface area (Å²) in [7, 11) is 0. The lowest BCUT2D eigenvalue weighted by Crippen LogP contribution is -2.45. The van der Waals surface area contributed by atoms with Gasteiger partial charge in [0.05, 0.1) is 24.3 Å². The van der Waals surface area contributed by atoms with E-state index < -0.39 is 5.41 Å². The Kier molecular flexibility index (Phi) is 17.1. The first-order valence-electron chi connectivity index (χ1n) is 22.1. The number of nitriles is 1. The van der Waals surface area contributed by atoms with Crippen LogP contribution in [0.15, 0.2) is 60.9 Å². The molecule has 0 saturated carbocycles. The summed E-state index contributed by atoms with van der Waals surface area (Å²) in [5.74, 6) is 2.28. The second-order valence-electron chi connectivity index (χ2n) is 21.4. The van der Waals surface area contributed by atoms with Crippen LogP contribution in [-0.4, -0.2) is 21.9 Å². The van der Waals surface area contributed by atoms with Gasteiger partial charge in [0.2, 0.25) is 0 Å². The van der Waals surface area contributed by atoms with Gasteiger partial charge in [-0.1, -0.05) is 154 Å². The molecule has 5 heteroatoms. The topological polar surface area (TPSA) is 67.9 Å². The number of rotatable bonds is 17. The van der Waals surface area contributed by atoms with Gasteiger partial charge in [0.1, 0.15) is 17.4 Å². The van der Waals surface area contributed by atoms with Crippen molar-refractivity contribution in [2.24, 2.45) is 38.9 Å². The number of hydrogen-bond donors (Lipinski definition) is 0. The highest BCUT2D eigenvalue weighted by Crippen LogP contribution is 2.54. The molecule has 0 aliphatic carbocycles. The van der Waals surface area contributed by atoms with Crippen molar-refractivity contribution in [2.45, 2.75) is 175 Å². The first kappa shape index (κ1) is 50.5. The van der Waals surface area contributed by atoms with Crippen LogP contribution in [0.3, 0.4) is 0 Å². The fourth-order valence-corrected chi connectivity index (χ4v) is 9.03. The van der Waals surface area contributed by atoms with Crippen LogP contribution in [0, 0.1) is 64.1 Å². The van der Waals surface area contributed by atoms with Crippen LogP contribution in [0.1, 0.15) is 173 Å². The number of Topliss-reactive ketones (excluding diaryl/α,β-unsaturated/α-hetero) is 1. The number of ether oxygens (including phenoxy) is 1. The number of aromatic nitrogens is 2. The zero-order chi connectivity index (χ0) is 44.7. The normalized spacial score (nSPS) is 15.6. The first-order chi connectivity index (χ1) is 26.6. The van der Waals surface area contributed by atoms with Crippen LogP contribution in [0.2, 0.25) is 0 Å². The van der Waals surface area contributed by atoms with Crippen LogP contribution in [0.25, 0.3) is 17.1 Å². The summed E-state index contributed by atoms with van der Waals surface area (Å²) < 4.78 is 8.69. The molecular weight excluding hydrogens is 711 g/mol. The maximum absolute atomic E-state index is 13.6. The number of aryl methyl sites for hydroxylation is 2. The van der Waals surface area contributed by atoms with Crippen molar-refractivity contribution in [3.05, 3.63) is 77.6 Å². The maximum atomic E-state index is 13.6. The van der Waals surface area contributed by atoms with Crippen molar-refractivity contribution < 1.29 is 9.53 Å². The number of benzene rings is 2. The number of carbonyl (C=O) groups excluding carboxylic acids is 1. The van der Waals surface area contributed by atoms with E-state index in [1.54, 1.807) is 0 Å².